The zero-order chi connectivity index (χ0) is 13.1. The van der Waals surface area contributed by atoms with Crippen molar-refractivity contribution in [1.29, 1.82) is 0 Å². The molecule has 18 heavy (non-hydrogen) atoms. The third-order valence-corrected chi connectivity index (χ3v) is 2.56. The summed E-state index contributed by atoms with van der Waals surface area (Å²) in [6.07, 6.45) is 9.85. The molecule has 0 aliphatic carbocycles. The maximum absolute atomic E-state index is 8.36. The second kappa shape index (κ2) is 12.3. The van der Waals surface area contributed by atoms with E-state index in [9.17, 15) is 0 Å². The van der Waals surface area contributed by atoms with E-state index < -0.39 is 5.09 Å². The number of rotatable bonds is 6. The van der Waals surface area contributed by atoms with Crippen LogP contribution in [-0.2, 0) is 0 Å². The van der Waals surface area contributed by atoms with E-state index in [2.05, 4.69) is 36.0 Å². The summed E-state index contributed by atoms with van der Waals surface area (Å²) in [6, 6.07) is 0. The summed E-state index contributed by atoms with van der Waals surface area (Å²) in [6.45, 7) is 7.91. The van der Waals surface area contributed by atoms with Crippen LogP contribution in [0.1, 0.15) is 39.5 Å². The van der Waals surface area contributed by atoms with Crippen LogP contribution in [0.5, 0.6) is 0 Å². The van der Waals surface area contributed by atoms with Crippen molar-refractivity contribution in [3.63, 3.8) is 0 Å². The van der Waals surface area contributed by atoms with Crippen LogP contribution in [0.4, 0.5) is 0 Å². The summed E-state index contributed by atoms with van der Waals surface area (Å²) in [5.41, 5.74) is 0. The molecule has 0 aromatic heterocycles. The van der Waals surface area contributed by atoms with E-state index in [1.165, 1.54) is 32.2 Å². The van der Waals surface area contributed by atoms with Gasteiger partial charge in [0.25, 0.3) is 5.09 Å². The van der Waals surface area contributed by atoms with Gasteiger partial charge in [0.05, 0.1) is 6.67 Å². The molecular formula is C11H24ClN3O3. The Bertz CT molecular complexity index is 236. The van der Waals surface area contributed by atoms with Crippen molar-refractivity contribution >= 4 is 12.4 Å². The van der Waals surface area contributed by atoms with E-state index in [4.69, 9.17) is 15.3 Å². The summed E-state index contributed by atoms with van der Waals surface area (Å²) in [5.74, 6) is 0. The van der Waals surface area contributed by atoms with Gasteiger partial charge in [-0.05, 0) is 13.3 Å². The van der Waals surface area contributed by atoms with E-state index >= 15 is 0 Å². The van der Waals surface area contributed by atoms with Crippen molar-refractivity contribution in [2.24, 2.45) is 0 Å². The first kappa shape index (κ1) is 19.2. The summed E-state index contributed by atoms with van der Waals surface area (Å²) < 4.78 is 0. The molecule has 1 N–H and O–H groups in total. The lowest BCUT2D eigenvalue weighted by Gasteiger charge is -2.19. The number of hydrogen-bond donors (Lipinski definition) is 1. The van der Waals surface area contributed by atoms with Crippen molar-refractivity contribution in [3.05, 3.63) is 22.5 Å². The Kier molecular flexibility index (Phi) is 13.1. The fourth-order valence-electron chi connectivity index (χ4n) is 1.61. The topological polar surface area (TPSA) is 69.9 Å². The molecule has 1 aliphatic heterocycles. The van der Waals surface area contributed by atoms with Gasteiger partial charge in [0.15, 0.2) is 0 Å². The maximum Gasteiger partial charge on any atom is 0.291 e. The van der Waals surface area contributed by atoms with E-state index in [-0.39, 0.29) is 12.4 Å². The second-order valence-corrected chi connectivity index (χ2v) is 3.96. The van der Waals surface area contributed by atoms with Crippen LogP contribution in [0, 0.1) is 10.1 Å². The highest BCUT2D eigenvalue weighted by atomic mass is 35.5. The molecule has 108 valence electrons. The number of unbranched alkanes of at least 4 members (excludes halogenated alkanes) is 3. The number of nitrogens with zero attached hydrogens (tertiary/aromatic N) is 3. The lowest BCUT2D eigenvalue weighted by molar-refractivity contribution is -0.742. The first-order chi connectivity index (χ1) is 8.10. The summed E-state index contributed by atoms with van der Waals surface area (Å²) in [5, 5.41) is 13.6. The molecule has 0 radical (unpaired) electrons. The first-order valence-corrected chi connectivity index (χ1v) is 6.09. The van der Waals surface area contributed by atoms with E-state index in [1.807, 2.05) is 0 Å². The highest BCUT2D eigenvalue weighted by molar-refractivity contribution is 5.85. The Balaban J connectivity index is 0. The molecule has 1 aliphatic rings. The third kappa shape index (κ3) is 11.3. The van der Waals surface area contributed by atoms with Gasteiger partial charge in [0.2, 0.25) is 0 Å². The quantitative estimate of drug-likeness (QED) is 0.460. The molecule has 1 heterocycles. The summed E-state index contributed by atoms with van der Waals surface area (Å²) >= 11 is 0. The second-order valence-electron chi connectivity index (χ2n) is 3.96. The predicted octanol–water partition coefficient (Wildman–Crippen LogP) is 2.71. The van der Waals surface area contributed by atoms with Gasteiger partial charge >= 0.3 is 0 Å². The molecule has 7 heteroatoms. The van der Waals surface area contributed by atoms with Crippen LogP contribution < -0.4 is 0 Å². The lowest BCUT2D eigenvalue weighted by atomic mass is 10.2. The minimum atomic E-state index is -1.50. The molecule has 0 saturated carbocycles. The van der Waals surface area contributed by atoms with Crippen LogP contribution in [0.2, 0.25) is 0 Å². The standard InChI is InChI=1S/C11H22N2.ClH.HNO3/c1-3-5-6-7-8-13-10-9-12(4-2)11-13;;2-1(3)4/h9-10H,3-8,11H2,1-2H3;1H;(H,2,3,4). The van der Waals surface area contributed by atoms with Gasteiger partial charge in [0.1, 0.15) is 0 Å². The van der Waals surface area contributed by atoms with Crippen LogP contribution in [-0.4, -0.2) is 39.9 Å². The lowest BCUT2D eigenvalue weighted by Crippen LogP contribution is -2.25. The zero-order valence-corrected chi connectivity index (χ0v) is 11.9. The Labute approximate surface area is 115 Å². The Morgan fingerprint density at radius 3 is 2.22 bits per heavy atom. The van der Waals surface area contributed by atoms with Gasteiger partial charge in [-0.3, -0.25) is 0 Å². The largest absolute Gasteiger partial charge is 0.359 e. The number of halogens is 1. The van der Waals surface area contributed by atoms with Crippen molar-refractivity contribution in [1.82, 2.24) is 9.80 Å². The smallest absolute Gasteiger partial charge is 0.291 e. The Morgan fingerprint density at radius 2 is 1.78 bits per heavy atom. The Hall–Kier alpha value is -1.17. The predicted molar refractivity (Wildman–Crippen MR) is 73.3 cm³/mol. The molecule has 0 bridgehead atoms. The average Bonchev–Trinajstić information content (AvgIpc) is 2.71. The van der Waals surface area contributed by atoms with E-state index in [1.54, 1.807) is 0 Å². The van der Waals surface area contributed by atoms with Crippen molar-refractivity contribution < 1.29 is 10.3 Å². The summed E-state index contributed by atoms with van der Waals surface area (Å²) in [4.78, 5) is 13.1. The zero-order valence-electron chi connectivity index (χ0n) is 11.1. The highest BCUT2D eigenvalue weighted by Crippen LogP contribution is 2.08. The molecule has 0 aromatic rings. The average molecular weight is 282 g/mol. The monoisotopic (exact) mass is 281 g/mol. The maximum atomic E-state index is 8.36. The van der Waals surface area contributed by atoms with Crippen molar-refractivity contribution in [2.45, 2.75) is 39.5 Å². The molecular weight excluding hydrogens is 258 g/mol. The van der Waals surface area contributed by atoms with Crippen molar-refractivity contribution in [3.8, 4) is 0 Å². The van der Waals surface area contributed by atoms with Gasteiger partial charge in [-0.25, -0.2) is 0 Å². The van der Waals surface area contributed by atoms with Crippen LogP contribution in [0.3, 0.4) is 0 Å². The highest BCUT2D eigenvalue weighted by Gasteiger charge is 2.08. The molecule has 0 unspecified atom stereocenters. The van der Waals surface area contributed by atoms with Crippen molar-refractivity contribution in [2.75, 3.05) is 19.8 Å². The van der Waals surface area contributed by atoms with Crippen LogP contribution in [0.15, 0.2) is 12.4 Å². The van der Waals surface area contributed by atoms with Gasteiger partial charge in [-0.1, -0.05) is 26.2 Å². The normalized spacial score (nSPS) is 12.8. The molecule has 0 saturated heterocycles. The van der Waals surface area contributed by atoms with Gasteiger partial charge in [-0.2, -0.15) is 0 Å². The Morgan fingerprint density at radius 1 is 1.22 bits per heavy atom. The molecule has 0 fully saturated rings. The number of hydrogen-bond acceptors (Lipinski definition) is 4. The fourth-order valence-corrected chi connectivity index (χ4v) is 1.61. The van der Waals surface area contributed by atoms with E-state index in [0.717, 1.165) is 13.2 Å². The summed E-state index contributed by atoms with van der Waals surface area (Å²) in [7, 11) is 0. The first-order valence-electron chi connectivity index (χ1n) is 6.09. The minimum Gasteiger partial charge on any atom is -0.359 e. The molecule has 0 aromatic carbocycles. The van der Waals surface area contributed by atoms with Gasteiger partial charge < -0.3 is 15.0 Å². The minimum absolute atomic E-state index is 0. The van der Waals surface area contributed by atoms with Gasteiger partial charge in [0, 0.05) is 25.5 Å². The molecule has 6 nitrogen and oxygen atoms in total. The molecule has 0 spiro atoms. The fraction of sp³-hybridized carbons (Fsp3) is 0.818. The molecule has 0 atom stereocenters. The molecule has 0 amide bonds. The van der Waals surface area contributed by atoms with Gasteiger partial charge in [-0.15, -0.1) is 22.5 Å². The van der Waals surface area contributed by atoms with E-state index in [0.29, 0.717) is 0 Å². The third-order valence-electron chi connectivity index (χ3n) is 2.56. The van der Waals surface area contributed by atoms with Crippen LogP contribution >= 0.6 is 12.4 Å². The van der Waals surface area contributed by atoms with Crippen LogP contribution in [0.25, 0.3) is 0 Å². The SMILES string of the molecule is CCCCCCN1C=CN(CC)C1.Cl.O=[N+]([O-])O. The molecule has 1 rings (SSSR count).